The van der Waals surface area contributed by atoms with Gasteiger partial charge in [-0.05, 0) is 15.9 Å². The molecular formula is C3H5BrF2. The van der Waals surface area contributed by atoms with Gasteiger partial charge >= 0.3 is 4.83 Å². The molecular weight excluding hydrogens is 154 g/mol. The monoisotopic (exact) mass is 158 g/mol. The summed E-state index contributed by atoms with van der Waals surface area (Å²) in [5.74, 6) is 0. The molecule has 0 heterocycles. The Morgan fingerprint density at radius 1 is 1.67 bits per heavy atom. The highest BCUT2D eigenvalue weighted by atomic mass is 79.9. The first kappa shape index (κ1) is 6.34. The Morgan fingerprint density at radius 2 is 1.83 bits per heavy atom. The van der Waals surface area contributed by atoms with Crippen molar-refractivity contribution in [2.24, 2.45) is 0 Å². The number of hydrogen-bond acceptors (Lipinski definition) is 0. The van der Waals surface area contributed by atoms with Gasteiger partial charge in [0, 0.05) is 6.42 Å². The van der Waals surface area contributed by atoms with Gasteiger partial charge in [0.05, 0.1) is 0 Å². The quantitative estimate of drug-likeness (QED) is 0.515. The fraction of sp³-hybridized carbons (Fsp3) is 1.00. The van der Waals surface area contributed by atoms with Gasteiger partial charge in [0.25, 0.3) is 0 Å². The molecule has 6 heavy (non-hydrogen) atoms. The first-order valence-electron chi connectivity index (χ1n) is 1.63. The Bertz CT molecular complexity index is 38.5. The van der Waals surface area contributed by atoms with E-state index >= 15 is 0 Å². The minimum absolute atomic E-state index is 0.146. The SMILES string of the molecule is CCC(F)(F)Br. The summed E-state index contributed by atoms with van der Waals surface area (Å²) in [4.78, 5) is -2.65. The Balaban J connectivity index is 3.17. The lowest BCUT2D eigenvalue weighted by molar-refractivity contribution is 0.110. The van der Waals surface area contributed by atoms with Gasteiger partial charge in [0.15, 0.2) is 0 Å². The van der Waals surface area contributed by atoms with E-state index in [2.05, 4.69) is 15.9 Å². The molecule has 0 saturated carbocycles. The van der Waals surface area contributed by atoms with Gasteiger partial charge < -0.3 is 0 Å². The van der Waals surface area contributed by atoms with Crippen molar-refractivity contribution < 1.29 is 8.78 Å². The van der Waals surface area contributed by atoms with Crippen molar-refractivity contribution in [3.05, 3.63) is 0 Å². The summed E-state index contributed by atoms with van der Waals surface area (Å²) < 4.78 is 22.7. The van der Waals surface area contributed by atoms with E-state index < -0.39 is 4.83 Å². The van der Waals surface area contributed by atoms with Crippen molar-refractivity contribution in [3.8, 4) is 0 Å². The Labute approximate surface area is 43.7 Å². The van der Waals surface area contributed by atoms with Crippen molar-refractivity contribution in [2.75, 3.05) is 0 Å². The maximum absolute atomic E-state index is 11.4. The second-order valence-electron chi connectivity index (χ2n) is 0.969. The van der Waals surface area contributed by atoms with Gasteiger partial charge in [0.1, 0.15) is 0 Å². The van der Waals surface area contributed by atoms with Gasteiger partial charge in [0.2, 0.25) is 0 Å². The molecule has 0 rings (SSSR count). The van der Waals surface area contributed by atoms with Crippen molar-refractivity contribution in [1.29, 1.82) is 0 Å². The van der Waals surface area contributed by atoms with Crippen molar-refractivity contribution in [1.82, 2.24) is 0 Å². The molecule has 0 unspecified atom stereocenters. The average molecular weight is 159 g/mol. The van der Waals surface area contributed by atoms with E-state index in [1.807, 2.05) is 0 Å². The third kappa shape index (κ3) is 4.34. The predicted molar refractivity (Wildman–Crippen MR) is 24.2 cm³/mol. The first-order valence-corrected chi connectivity index (χ1v) is 2.42. The molecule has 0 aliphatic rings. The van der Waals surface area contributed by atoms with Crippen molar-refractivity contribution >= 4 is 15.9 Å². The molecule has 0 nitrogen and oxygen atoms in total. The molecule has 0 saturated heterocycles. The Morgan fingerprint density at radius 3 is 1.83 bits per heavy atom. The Kier molecular flexibility index (Phi) is 1.97. The minimum Gasteiger partial charge on any atom is -0.194 e. The summed E-state index contributed by atoms with van der Waals surface area (Å²) >= 11 is 2.14. The second-order valence-corrected chi connectivity index (χ2v) is 2.13. The lowest BCUT2D eigenvalue weighted by atomic mass is 10.5. The lowest BCUT2D eigenvalue weighted by Gasteiger charge is -1.99. The standard InChI is InChI=1S/C3H5BrF2/c1-2-3(4,5)6/h2H2,1H3. The van der Waals surface area contributed by atoms with E-state index in [-0.39, 0.29) is 6.42 Å². The summed E-state index contributed by atoms with van der Waals surface area (Å²) in [5.41, 5.74) is 0. The average Bonchev–Trinajstić information content (AvgIpc) is 1.35. The van der Waals surface area contributed by atoms with Crippen LogP contribution in [0, 0.1) is 0 Å². The molecule has 0 radical (unpaired) electrons. The first-order chi connectivity index (χ1) is 2.56. The van der Waals surface area contributed by atoms with Crippen LogP contribution in [0.1, 0.15) is 13.3 Å². The fourth-order valence-corrected chi connectivity index (χ4v) is 0. The zero-order chi connectivity index (χ0) is 5.21. The molecule has 3 heteroatoms. The molecule has 38 valence electrons. The molecule has 0 amide bonds. The summed E-state index contributed by atoms with van der Waals surface area (Å²) in [6, 6.07) is 0. The molecule has 0 atom stereocenters. The van der Waals surface area contributed by atoms with Crippen LogP contribution in [0.15, 0.2) is 0 Å². The van der Waals surface area contributed by atoms with E-state index in [4.69, 9.17) is 0 Å². The molecule has 0 aromatic rings. The van der Waals surface area contributed by atoms with E-state index in [1.54, 1.807) is 0 Å². The van der Waals surface area contributed by atoms with Gasteiger partial charge in [-0.25, -0.2) is 0 Å². The molecule has 0 bridgehead atoms. The zero-order valence-corrected chi connectivity index (χ0v) is 4.93. The zero-order valence-electron chi connectivity index (χ0n) is 3.34. The van der Waals surface area contributed by atoms with Gasteiger partial charge in [-0.2, -0.15) is 8.78 Å². The Hall–Kier alpha value is 0.340. The number of halogens is 3. The van der Waals surface area contributed by atoms with Crippen LogP contribution in [-0.2, 0) is 0 Å². The second kappa shape index (κ2) is 1.87. The van der Waals surface area contributed by atoms with Gasteiger partial charge in [-0.1, -0.05) is 6.92 Å². The summed E-state index contributed by atoms with van der Waals surface area (Å²) in [6.45, 7) is 1.41. The molecule has 0 N–H and O–H groups in total. The largest absolute Gasteiger partial charge is 0.301 e. The number of alkyl halides is 3. The number of hydrogen-bond donors (Lipinski definition) is 0. The highest BCUT2D eigenvalue weighted by molar-refractivity contribution is 9.09. The van der Waals surface area contributed by atoms with Crippen molar-refractivity contribution in [2.45, 2.75) is 18.2 Å². The molecule has 0 aromatic carbocycles. The van der Waals surface area contributed by atoms with Crippen LogP contribution in [-0.4, -0.2) is 4.83 Å². The summed E-state index contributed by atoms with van der Waals surface area (Å²) in [5, 5.41) is 0. The normalized spacial score (nSPS) is 12.0. The van der Waals surface area contributed by atoms with Crippen LogP contribution < -0.4 is 0 Å². The fourth-order valence-electron chi connectivity index (χ4n) is 0. The maximum Gasteiger partial charge on any atom is 0.301 e. The molecule has 0 aromatic heterocycles. The minimum atomic E-state index is -2.65. The smallest absolute Gasteiger partial charge is 0.194 e. The van der Waals surface area contributed by atoms with Crippen LogP contribution in [0.25, 0.3) is 0 Å². The van der Waals surface area contributed by atoms with Crippen molar-refractivity contribution in [3.63, 3.8) is 0 Å². The molecule has 0 aliphatic carbocycles. The topological polar surface area (TPSA) is 0 Å². The van der Waals surface area contributed by atoms with E-state index in [0.717, 1.165) is 0 Å². The van der Waals surface area contributed by atoms with E-state index in [9.17, 15) is 8.78 Å². The number of rotatable bonds is 1. The highest BCUT2D eigenvalue weighted by Crippen LogP contribution is 2.24. The predicted octanol–water partition coefficient (Wildman–Crippen LogP) is 2.38. The van der Waals surface area contributed by atoms with Crippen LogP contribution in [0.5, 0.6) is 0 Å². The molecule has 0 fully saturated rings. The van der Waals surface area contributed by atoms with E-state index in [1.165, 1.54) is 6.92 Å². The maximum atomic E-state index is 11.4. The van der Waals surface area contributed by atoms with Crippen LogP contribution in [0.2, 0.25) is 0 Å². The van der Waals surface area contributed by atoms with Gasteiger partial charge in [-0.3, -0.25) is 0 Å². The molecule has 0 aliphatic heterocycles. The lowest BCUT2D eigenvalue weighted by Crippen LogP contribution is -1.99. The third-order valence-electron chi connectivity index (χ3n) is 0.401. The van der Waals surface area contributed by atoms with Crippen LogP contribution in [0.4, 0.5) is 8.78 Å². The van der Waals surface area contributed by atoms with Crippen LogP contribution in [0.3, 0.4) is 0 Å². The third-order valence-corrected chi connectivity index (χ3v) is 0.962. The van der Waals surface area contributed by atoms with E-state index in [0.29, 0.717) is 0 Å². The van der Waals surface area contributed by atoms with Gasteiger partial charge in [-0.15, -0.1) is 0 Å². The van der Waals surface area contributed by atoms with Crippen LogP contribution >= 0.6 is 15.9 Å². The molecule has 0 spiro atoms. The summed E-state index contributed by atoms with van der Waals surface area (Å²) in [7, 11) is 0. The summed E-state index contributed by atoms with van der Waals surface area (Å²) in [6.07, 6.45) is -0.146. The highest BCUT2D eigenvalue weighted by Gasteiger charge is 2.18.